The highest BCUT2D eigenvalue weighted by Crippen LogP contribution is 2.44. The van der Waals surface area contributed by atoms with Gasteiger partial charge in [-0.1, -0.05) is 0 Å². The number of benzene rings is 3. The number of rotatable bonds is 2. The van der Waals surface area contributed by atoms with E-state index >= 15 is 0 Å². The van der Waals surface area contributed by atoms with E-state index in [9.17, 15) is 18.0 Å². The van der Waals surface area contributed by atoms with E-state index in [1.165, 1.54) is 12.1 Å². The third-order valence-electron chi connectivity index (χ3n) is 5.69. The van der Waals surface area contributed by atoms with E-state index in [1.54, 1.807) is 0 Å². The molecule has 9 heteroatoms. The summed E-state index contributed by atoms with van der Waals surface area (Å²) in [6, 6.07) is 12.2. The minimum Gasteiger partial charge on any atom is -0.454 e. The monoisotopic (exact) mass is 441 g/mol. The maximum Gasteiger partial charge on any atom is 0.472 e. The summed E-state index contributed by atoms with van der Waals surface area (Å²) in [5.41, 5.74) is 0.964. The number of fused-ring (bicyclic) bond motifs is 5. The average molecular weight is 441 g/mol. The largest absolute Gasteiger partial charge is 0.472 e. The summed E-state index contributed by atoms with van der Waals surface area (Å²) in [5, 5.41) is 3.33. The molecule has 2 aliphatic heterocycles. The van der Waals surface area contributed by atoms with Crippen molar-refractivity contribution >= 4 is 27.5 Å². The lowest BCUT2D eigenvalue weighted by molar-refractivity contribution is -0.0947. The van der Waals surface area contributed by atoms with Crippen LogP contribution in [0.15, 0.2) is 48.7 Å². The second kappa shape index (κ2) is 6.56. The van der Waals surface area contributed by atoms with Crippen LogP contribution in [0.5, 0.6) is 23.0 Å². The fourth-order valence-corrected chi connectivity index (χ4v) is 4.24. The molecule has 3 aromatic carbocycles. The smallest absolute Gasteiger partial charge is 0.454 e. The first kappa shape index (κ1) is 18.9. The van der Waals surface area contributed by atoms with Gasteiger partial charge in [0.15, 0.2) is 23.0 Å². The highest BCUT2D eigenvalue weighted by molar-refractivity contribution is 6.11. The summed E-state index contributed by atoms with van der Waals surface area (Å²) in [5.74, 6) is 0.432. The van der Waals surface area contributed by atoms with Gasteiger partial charge in [0, 0.05) is 18.3 Å². The molecule has 0 unspecified atom stereocenters. The van der Waals surface area contributed by atoms with Crippen molar-refractivity contribution in [3.63, 3.8) is 0 Å². The molecule has 0 radical (unpaired) electrons. The van der Waals surface area contributed by atoms with Crippen molar-refractivity contribution in [3.8, 4) is 23.0 Å². The molecule has 1 aromatic heterocycles. The SMILES string of the molecule is O=C(n1cccc1Cc1cc2cc3c(cc2c2cc4c(cc12)OCO4)OCO3)C(F)(F)F. The summed E-state index contributed by atoms with van der Waals surface area (Å²) >= 11 is 0. The van der Waals surface area contributed by atoms with Gasteiger partial charge in [0.25, 0.3) is 0 Å². The average Bonchev–Trinajstić information content (AvgIpc) is 3.50. The lowest BCUT2D eigenvalue weighted by Crippen LogP contribution is -2.29. The van der Waals surface area contributed by atoms with Crippen molar-refractivity contribution in [2.75, 3.05) is 13.6 Å². The molecule has 0 bridgehead atoms. The Hall–Kier alpha value is -3.88. The van der Waals surface area contributed by atoms with Crippen LogP contribution in [0.4, 0.5) is 13.2 Å². The van der Waals surface area contributed by atoms with E-state index < -0.39 is 12.1 Å². The van der Waals surface area contributed by atoms with Crippen LogP contribution in [0.2, 0.25) is 0 Å². The van der Waals surface area contributed by atoms with Crippen molar-refractivity contribution in [2.24, 2.45) is 0 Å². The molecule has 0 fully saturated rings. The number of halogens is 3. The molecule has 3 heterocycles. The number of hydrogen-bond donors (Lipinski definition) is 0. The molecule has 2 aliphatic rings. The molecular weight excluding hydrogens is 427 g/mol. The molecule has 0 spiro atoms. The first-order chi connectivity index (χ1) is 15.4. The van der Waals surface area contributed by atoms with Crippen molar-refractivity contribution in [2.45, 2.75) is 12.6 Å². The number of aromatic nitrogens is 1. The number of hydrogen-bond acceptors (Lipinski definition) is 5. The maximum atomic E-state index is 13.0. The predicted octanol–water partition coefficient (Wildman–Crippen LogP) is 5.05. The second-order valence-electron chi connectivity index (χ2n) is 7.56. The Morgan fingerprint density at radius 3 is 2.09 bits per heavy atom. The molecule has 0 aliphatic carbocycles. The van der Waals surface area contributed by atoms with Gasteiger partial charge in [-0.3, -0.25) is 9.36 Å². The second-order valence-corrected chi connectivity index (χ2v) is 7.56. The fraction of sp³-hybridized carbons (Fsp3) is 0.174. The number of alkyl halides is 3. The number of ether oxygens (including phenoxy) is 4. The molecule has 0 atom stereocenters. The molecule has 4 aromatic rings. The van der Waals surface area contributed by atoms with Crippen molar-refractivity contribution < 1.29 is 36.9 Å². The van der Waals surface area contributed by atoms with E-state index in [2.05, 4.69) is 0 Å². The number of nitrogens with zero attached hydrogens (tertiary/aromatic N) is 1. The number of carbonyl (C=O) groups is 1. The molecule has 6 nitrogen and oxygen atoms in total. The highest BCUT2D eigenvalue weighted by atomic mass is 19.4. The van der Waals surface area contributed by atoms with E-state index in [-0.39, 0.29) is 25.7 Å². The van der Waals surface area contributed by atoms with Gasteiger partial charge in [-0.05, 0) is 69.6 Å². The third-order valence-corrected chi connectivity index (χ3v) is 5.69. The Kier molecular flexibility index (Phi) is 3.86. The van der Waals surface area contributed by atoms with E-state index in [4.69, 9.17) is 18.9 Å². The molecule has 0 saturated heterocycles. The molecule has 32 heavy (non-hydrogen) atoms. The standard InChI is InChI=1S/C23H14F3NO5/c24-23(25,26)22(28)27-3-1-2-14(27)5-12-4-13-6-18-19(30-10-29-18)8-16(13)17-9-21-20(7-15(12)17)31-11-32-21/h1-4,6-9H,5,10-11H2. The van der Waals surface area contributed by atoms with E-state index in [1.807, 2.05) is 30.3 Å². The Labute approximate surface area is 178 Å². The van der Waals surface area contributed by atoms with E-state index in [0.717, 1.165) is 33.3 Å². The lowest BCUT2D eigenvalue weighted by atomic mass is 9.94. The maximum absolute atomic E-state index is 13.0. The summed E-state index contributed by atoms with van der Waals surface area (Å²) in [7, 11) is 0. The highest BCUT2D eigenvalue weighted by Gasteiger charge is 2.40. The Morgan fingerprint density at radius 2 is 1.44 bits per heavy atom. The first-order valence-corrected chi connectivity index (χ1v) is 9.75. The zero-order valence-corrected chi connectivity index (χ0v) is 16.4. The summed E-state index contributed by atoms with van der Waals surface area (Å²) in [4.78, 5) is 11.9. The van der Waals surface area contributed by atoms with Gasteiger partial charge in [-0.25, -0.2) is 0 Å². The molecule has 0 amide bonds. The fourth-order valence-electron chi connectivity index (χ4n) is 4.24. The minimum atomic E-state index is -4.97. The first-order valence-electron chi connectivity index (χ1n) is 9.75. The third kappa shape index (κ3) is 2.84. The summed E-state index contributed by atoms with van der Waals surface area (Å²) < 4.78 is 61.8. The van der Waals surface area contributed by atoms with Crippen LogP contribution in [0.1, 0.15) is 16.1 Å². The van der Waals surface area contributed by atoms with Gasteiger partial charge in [-0.15, -0.1) is 0 Å². The van der Waals surface area contributed by atoms with Crippen molar-refractivity contribution in [1.29, 1.82) is 0 Å². The normalized spacial score (nSPS) is 14.5. The zero-order valence-electron chi connectivity index (χ0n) is 16.4. The van der Waals surface area contributed by atoms with Gasteiger partial charge in [0.05, 0.1) is 0 Å². The van der Waals surface area contributed by atoms with Crippen LogP contribution in [0.3, 0.4) is 0 Å². The van der Waals surface area contributed by atoms with Crippen LogP contribution >= 0.6 is 0 Å². The lowest BCUT2D eigenvalue weighted by Gasteiger charge is -2.14. The van der Waals surface area contributed by atoms with Gasteiger partial charge in [0.1, 0.15) is 0 Å². The Morgan fingerprint density at radius 1 is 0.844 bits per heavy atom. The summed E-state index contributed by atoms with van der Waals surface area (Å²) in [6.45, 7) is 0.212. The predicted molar refractivity (Wildman–Crippen MR) is 108 cm³/mol. The molecular formula is C23H14F3NO5. The van der Waals surface area contributed by atoms with Gasteiger partial charge < -0.3 is 18.9 Å². The van der Waals surface area contributed by atoms with Crippen LogP contribution in [0.25, 0.3) is 21.5 Å². The van der Waals surface area contributed by atoms with E-state index in [0.29, 0.717) is 27.6 Å². The Bertz CT molecular complexity index is 1420. The molecule has 0 saturated carbocycles. The van der Waals surface area contributed by atoms with Crippen LogP contribution in [-0.2, 0) is 6.42 Å². The Balaban J connectivity index is 1.56. The summed E-state index contributed by atoms with van der Waals surface area (Å²) in [6.07, 6.45) is -3.74. The van der Waals surface area contributed by atoms with Gasteiger partial charge >= 0.3 is 12.1 Å². The van der Waals surface area contributed by atoms with Crippen molar-refractivity contribution in [3.05, 3.63) is 59.9 Å². The van der Waals surface area contributed by atoms with Crippen LogP contribution in [-0.4, -0.2) is 30.2 Å². The van der Waals surface area contributed by atoms with Crippen LogP contribution < -0.4 is 18.9 Å². The number of carbonyl (C=O) groups excluding carboxylic acids is 1. The van der Waals surface area contributed by atoms with Gasteiger partial charge in [-0.2, -0.15) is 13.2 Å². The zero-order chi connectivity index (χ0) is 22.0. The van der Waals surface area contributed by atoms with Crippen LogP contribution in [0, 0.1) is 0 Å². The topological polar surface area (TPSA) is 58.9 Å². The molecule has 0 N–H and O–H groups in total. The minimum absolute atomic E-state index is 0.0915. The quantitative estimate of drug-likeness (QED) is 0.408. The molecule has 162 valence electrons. The molecule has 6 rings (SSSR count). The van der Waals surface area contributed by atoms with Gasteiger partial charge in [0.2, 0.25) is 13.6 Å². The van der Waals surface area contributed by atoms with Crippen molar-refractivity contribution in [1.82, 2.24) is 4.57 Å².